The molecule has 1 N–H and O–H groups in total. The number of aromatic nitrogens is 3. The van der Waals surface area contributed by atoms with Crippen LogP contribution in [0.3, 0.4) is 0 Å². The Balaban J connectivity index is 1.34. The van der Waals surface area contributed by atoms with Gasteiger partial charge in [0.2, 0.25) is 0 Å². The molecule has 5 rings (SSSR count). The Hall–Kier alpha value is -2.99. The smallest absolute Gasteiger partial charge is 0.172 e. The van der Waals surface area contributed by atoms with Crippen LogP contribution in [0.5, 0.6) is 0 Å². The van der Waals surface area contributed by atoms with Crippen LogP contribution in [0, 0.1) is 5.92 Å². The van der Waals surface area contributed by atoms with Crippen molar-refractivity contribution in [3.05, 3.63) is 60.6 Å². The van der Waals surface area contributed by atoms with E-state index in [0.717, 1.165) is 68.3 Å². The lowest BCUT2D eigenvalue weighted by Gasteiger charge is -2.35. The molecule has 1 aromatic carbocycles. The maximum atomic E-state index is 9.42. The van der Waals surface area contributed by atoms with E-state index in [4.69, 9.17) is 4.98 Å². The van der Waals surface area contributed by atoms with Gasteiger partial charge in [-0.1, -0.05) is 30.3 Å². The summed E-state index contributed by atoms with van der Waals surface area (Å²) in [4.78, 5) is 18.8. The highest BCUT2D eigenvalue weighted by atomic mass is 16.3. The zero-order chi connectivity index (χ0) is 20.3. The SMILES string of the molecule is OCC1CCN(c2nccnc2N2CC=C(c3ccc4ccccc4n3)CC2)CC1. The molecule has 2 aromatic heterocycles. The zero-order valence-corrected chi connectivity index (χ0v) is 17.1. The van der Waals surface area contributed by atoms with Crippen LogP contribution in [0.15, 0.2) is 54.9 Å². The summed E-state index contributed by atoms with van der Waals surface area (Å²) in [6, 6.07) is 12.5. The Morgan fingerprint density at radius 1 is 0.900 bits per heavy atom. The Morgan fingerprint density at radius 2 is 1.67 bits per heavy atom. The molecule has 4 heterocycles. The van der Waals surface area contributed by atoms with Crippen molar-refractivity contribution >= 4 is 28.1 Å². The van der Waals surface area contributed by atoms with E-state index in [1.807, 2.05) is 12.1 Å². The lowest BCUT2D eigenvalue weighted by atomic mass is 9.98. The number of rotatable bonds is 4. The molecule has 0 saturated carbocycles. The summed E-state index contributed by atoms with van der Waals surface area (Å²) in [6.07, 6.45) is 8.78. The van der Waals surface area contributed by atoms with Crippen LogP contribution in [0.2, 0.25) is 0 Å². The number of piperidine rings is 1. The second-order valence-corrected chi connectivity index (χ2v) is 8.13. The summed E-state index contributed by atoms with van der Waals surface area (Å²) in [5.41, 5.74) is 3.41. The highest BCUT2D eigenvalue weighted by Crippen LogP contribution is 2.31. The molecular formula is C24H27N5O. The van der Waals surface area contributed by atoms with E-state index < -0.39 is 0 Å². The first-order valence-corrected chi connectivity index (χ1v) is 10.8. The number of nitrogens with zero attached hydrogens (tertiary/aromatic N) is 5. The van der Waals surface area contributed by atoms with Crippen molar-refractivity contribution < 1.29 is 5.11 Å². The molecule has 0 radical (unpaired) electrons. The molecule has 2 aliphatic rings. The third-order valence-electron chi connectivity index (χ3n) is 6.27. The van der Waals surface area contributed by atoms with Gasteiger partial charge >= 0.3 is 0 Å². The average molecular weight is 402 g/mol. The van der Waals surface area contributed by atoms with Gasteiger partial charge in [-0.05, 0) is 42.9 Å². The number of pyridine rings is 1. The van der Waals surface area contributed by atoms with Crippen molar-refractivity contribution in [1.29, 1.82) is 0 Å². The van der Waals surface area contributed by atoms with Crippen LogP contribution in [-0.4, -0.2) is 52.8 Å². The van der Waals surface area contributed by atoms with Gasteiger partial charge in [-0.25, -0.2) is 15.0 Å². The Morgan fingerprint density at radius 3 is 2.40 bits per heavy atom. The molecular weight excluding hydrogens is 374 g/mol. The number of para-hydroxylation sites is 1. The highest BCUT2D eigenvalue weighted by Gasteiger charge is 2.25. The van der Waals surface area contributed by atoms with Crippen molar-refractivity contribution in [3.8, 4) is 0 Å². The van der Waals surface area contributed by atoms with Gasteiger partial charge < -0.3 is 14.9 Å². The first kappa shape index (κ1) is 19.0. The fourth-order valence-corrected chi connectivity index (χ4v) is 4.44. The summed E-state index contributed by atoms with van der Waals surface area (Å²) in [5.74, 6) is 2.34. The van der Waals surface area contributed by atoms with E-state index in [2.05, 4.69) is 50.1 Å². The first-order chi connectivity index (χ1) is 14.8. The van der Waals surface area contributed by atoms with Gasteiger partial charge in [0.25, 0.3) is 0 Å². The van der Waals surface area contributed by atoms with E-state index >= 15 is 0 Å². The monoisotopic (exact) mass is 401 g/mol. The van der Waals surface area contributed by atoms with Crippen molar-refractivity contribution in [3.63, 3.8) is 0 Å². The largest absolute Gasteiger partial charge is 0.396 e. The van der Waals surface area contributed by atoms with Crippen molar-refractivity contribution in [1.82, 2.24) is 15.0 Å². The third-order valence-corrected chi connectivity index (χ3v) is 6.27. The van der Waals surface area contributed by atoms with Crippen LogP contribution < -0.4 is 9.80 Å². The Kier molecular flexibility index (Phi) is 5.32. The van der Waals surface area contributed by atoms with Crippen molar-refractivity contribution in [2.45, 2.75) is 19.3 Å². The molecule has 1 saturated heterocycles. The van der Waals surface area contributed by atoms with E-state index in [1.165, 1.54) is 11.0 Å². The maximum absolute atomic E-state index is 9.42. The minimum atomic E-state index is 0.281. The van der Waals surface area contributed by atoms with E-state index in [-0.39, 0.29) is 6.61 Å². The van der Waals surface area contributed by atoms with Crippen LogP contribution in [0.1, 0.15) is 25.0 Å². The maximum Gasteiger partial charge on any atom is 0.172 e. The number of anilines is 2. The number of hydrogen-bond acceptors (Lipinski definition) is 6. The second-order valence-electron chi connectivity index (χ2n) is 8.13. The van der Waals surface area contributed by atoms with Gasteiger partial charge in [-0.2, -0.15) is 0 Å². The normalized spacial score (nSPS) is 18.0. The molecule has 2 aliphatic heterocycles. The molecule has 0 spiro atoms. The lowest BCUT2D eigenvalue weighted by molar-refractivity contribution is 0.203. The number of benzene rings is 1. The summed E-state index contributed by atoms with van der Waals surface area (Å²) >= 11 is 0. The fourth-order valence-electron chi connectivity index (χ4n) is 4.44. The minimum absolute atomic E-state index is 0.281. The predicted molar refractivity (Wildman–Crippen MR) is 121 cm³/mol. The van der Waals surface area contributed by atoms with E-state index in [0.29, 0.717) is 5.92 Å². The Labute approximate surface area is 176 Å². The Bertz CT molecular complexity index is 1060. The predicted octanol–water partition coefficient (Wildman–Crippen LogP) is 3.53. The molecule has 3 aromatic rings. The molecule has 6 nitrogen and oxygen atoms in total. The van der Waals surface area contributed by atoms with E-state index in [9.17, 15) is 5.11 Å². The number of fused-ring (bicyclic) bond motifs is 1. The van der Waals surface area contributed by atoms with Gasteiger partial charge in [0, 0.05) is 50.6 Å². The standard InChI is InChI=1S/C24H27N5O/c30-17-18-7-13-28(14-8-18)23-24(26-12-11-25-23)29-15-9-20(10-16-29)22-6-5-19-3-1-2-4-21(19)27-22/h1-6,9,11-12,18,30H,7-8,10,13-17H2. The van der Waals surface area contributed by atoms with Crippen LogP contribution in [0.4, 0.5) is 11.6 Å². The summed E-state index contributed by atoms with van der Waals surface area (Å²) in [5, 5.41) is 10.6. The summed E-state index contributed by atoms with van der Waals surface area (Å²) < 4.78 is 0. The second kappa shape index (κ2) is 8.40. The third kappa shape index (κ3) is 3.75. The van der Waals surface area contributed by atoms with Gasteiger partial charge in [0.05, 0.1) is 11.2 Å². The van der Waals surface area contributed by atoms with E-state index in [1.54, 1.807) is 12.4 Å². The quantitative estimate of drug-likeness (QED) is 0.722. The van der Waals surface area contributed by atoms with Crippen LogP contribution in [0.25, 0.3) is 16.5 Å². The van der Waals surface area contributed by atoms with Gasteiger partial charge in [-0.3, -0.25) is 0 Å². The van der Waals surface area contributed by atoms with Gasteiger partial charge in [-0.15, -0.1) is 0 Å². The highest BCUT2D eigenvalue weighted by molar-refractivity contribution is 5.81. The van der Waals surface area contributed by atoms with Gasteiger partial charge in [0.1, 0.15) is 0 Å². The molecule has 0 bridgehead atoms. The summed E-state index contributed by atoms with van der Waals surface area (Å²) in [7, 11) is 0. The first-order valence-electron chi connectivity index (χ1n) is 10.8. The van der Waals surface area contributed by atoms with Gasteiger partial charge in [0.15, 0.2) is 11.6 Å². The molecule has 154 valence electrons. The number of aliphatic hydroxyl groups excluding tert-OH is 1. The fraction of sp³-hybridized carbons (Fsp3) is 0.375. The lowest BCUT2D eigenvalue weighted by Crippen LogP contribution is -2.38. The van der Waals surface area contributed by atoms with Crippen molar-refractivity contribution in [2.24, 2.45) is 5.92 Å². The molecule has 0 amide bonds. The topological polar surface area (TPSA) is 65.4 Å². The average Bonchev–Trinajstić information content (AvgIpc) is 2.84. The van der Waals surface area contributed by atoms with Crippen LogP contribution in [-0.2, 0) is 0 Å². The van der Waals surface area contributed by atoms with Crippen molar-refractivity contribution in [2.75, 3.05) is 42.6 Å². The van der Waals surface area contributed by atoms with Crippen LogP contribution >= 0.6 is 0 Å². The number of hydrogen-bond donors (Lipinski definition) is 1. The zero-order valence-electron chi connectivity index (χ0n) is 17.1. The summed E-state index contributed by atoms with van der Waals surface area (Å²) in [6.45, 7) is 3.84. The molecule has 30 heavy (non-hydrogen) atoms. The molecule has 0 atom stereocenters. The molecule has 1 fully saturated rings. The number of aliphatic hydroxyl groups is 1. The molecule has 0 unspecified atom stereocenters. The molecule has 0 aliphatic carbocycles. The minimum Gasteiger partial charge on any atom is -0.396 e. The molecule has 6 heteroatoms.